The lowest BCUT2D eigenvalue weighted by molar-refractivity contribution is 0.102. The highest BCUT2D eigenvalue weighted by Gasteiger charge is 2.17. The summed E-state index contributed by atoms with van der Waals surface area (Å²) in [5.74, 6) is 0.0565. The average molecular weight is 449 g/mol. The molecule has 0 aliphatic heterocycles. The first-order chi connectivity index (χ1) is 15.1. The third-order valence-corrected chi connectivity index (χ3v) is 5.88. The van der Waals surface area contributed by atoms with Crippen molar-refractivity contribution in [2.45, 2.75) is 11.8 Å². The van der Waals surface area contributed by atoms with Crippen LogP contribution in [-0.2, 0) is 10.0 Å². The number of nitrogens with two attached hydrogens (primary N) is 2. The van der Waals surface area contributed by atoms with Gasteiger partial charge in [-0.15, -0.1) is 0 Å². The Bertz CT molecular complexity index is 1470. The van der Waals surface area contributed by atoms with Crippen molar-refractivity contribution < 1.29 is 13.2 Å². The first kappa shape index (κ1) is 21.2. The lowest BCUT2D eigenvalue weighted by Crippen LogP contribution is -2.16. The van der Waals surface area contributed by atoms with Gasteiger partial charge in [0.05, 0.1) is 16.0 Å². The van der Waals surface area contributed by atoms with Gasteiger partial charge in [0, 0.05) is 16.8 Å². The molecule has 0 fully saturated rings. The molecule has 4 aromatic rings. The van der Waals surface area contributed by atoms with Gasteiger partial charge in [0.15, 0.2) is 0 Å². The van der Waals surface area contributed by atoms with Crippen LogP contribution in [0.2, 0.25) is 0 Å². The molecule has 0 radical (unpaired) electrons. The summed E-state index contributed by atoms with van der Waals surface area (Å²) < 4.78 is 23.7. The molecule has 9 nitrogen and oxygen atoms in total. The fourth-order valence-electron chi connectivity index (χ4n) is 3.45. The summed E-state index contributed by atoms with van der Waals surface area (Å²) in [5, 5.41) is 15.8. The number of rotatable bonds is 5. The summed E-state index contributed by atoms with van der Waals surface area (Å²) in [6.45, 7) is 1.77. The Morgan fingerprint density at radius 2 is 1.78 bits per heavy atom. The van der Waals surface area contributed by atoms with Gasteiger partial charge in [0.2, 0.25) is 10.0 Å². The number of sulfonamides is 1. The number of H-pyrrole nitrogens is 1. The van der Waals surface area contributed by atoms with Crippen LogP contribution in [0.25, 0.3) is 22.2 Å². The summed E-state index contributed by atoms with van der Waals surface area (Å²) in [6, 6.07) is 16.3. The van der Waals surface area contributed by atoms with Crippen molar-refractivity contribution in [1.82, 2.24) is 9.97 Å². The number of aryl methyl sites for hydroxylation is 1. The summed E-state index contributed by atoms with van der Waals surface area (Å²) in [4.78, 5) is 20.4. The number of nitrogens with one attached hydrogen (secondary N) is 3. The van der Waals surface area contributed by atoms with E-state index in [1.165, 1.54) is 12.1 Å². The predicted octanol–water partition coefficient (Wildman–Crippen LogP) is 2.72. The van der Waals surface area contributed by atoms with E-state index in [2.05, 4.69) is 15.3 Å². The minimum atomic E-state index is -3.88. The number of carbonyl (C=O) groups excluding carboxylic acids is 1. The van der Waals surface area contributed by atoms with Crippen LogP contribution in [0.5, 0.6) is 0 Å². The maximum absolute atomic E-state index is 13.0. The molecule has 0 saturated heterocycles. The Morgan fingerprint density at radius 3 is 2.44 bits per heavy atom. The molecule has 162 valence electrons. The fourth-order valence-corrected chi connectivity index (χ4v) is 4.21. The molecule has 0 bridgehead atoms. The van der Waals surface area contributed by atoms with Gasteiger partial charge in [-0.3, -0.25) is 10.2 Å². The van der Waals surface area contributed by atoms with Crippen LogP contribution in [0.4, 0.5) is 5.69 Å². The Hall–Kier alpha value is -4.02. The lowest BCUT2D eigenvalue weighted by Gasteiger charge is -2.10. The number of amides is 1. The van der Waals surface area contributed by atoms with Gasteiger partial charge in [0.1, 0.15) is 17.2 Å². The standard InChI is InChI=1S/C22H20N6O3S/c1-12-26-18-11-14(21(23)24)10-17(20(18)27-12)22(29)28-15-8-6-13(7-9-15)16-4-2-3-5-19(16)32(25,30)31/h2-11H,1H3,(H3,23,24)(H,26,27)(H,28,29)(H2,25,30,31). The Kier molecular flexibility index (Phi) is 5.25. The number of nitrogens with zero attached hydrogens (tertiary/aromatic N) is 1. The van der Waals surface area contributed by atoms with E-state index >= 15 is 0 Å². The number of fused-ring (bicyclic) bond motifs is 1. The zero-order chi connectivity index (χ0) is 23.0. The predicted molar refractivity (Wildman–Crippen MR) is 123 cm³/mol. The van der Waals surface area contributed by atoms with E-state index < -0.39 is 15.9 Å². The number of aromatic amines is 1. The monoisotopic (exact) mass is 448 g/mol. The maximum atomic E-state index is 13.0. The van der Waals surface area contributed by atoms with Gasteiger partial charge in [-0.2, -0.15) is 0 Å². The van der Waals surface area contributed by atoms with E-state index in [9.17, 15) is 13.2 Å². The quantitative estimate of drug-likeness (QED) is 0.233. The largest absolute Gasteiger partial charge is 0.384 e. The summed E-state index contributed by atoms with van der Waals surface area (Å²) in [7, 11) is -3.88. The Labute approximate surface area is 184 Å². The van der Waals surface area contributed by atoms with Crippen molar-refractivity contribution in [3.63, 3.8) is 0 Å². The van der Waals surface area contributed by atoms with Gasteiger partial charge in [-0.1, -0.05) is 30.3 Å². The number of hydrogen-bond acceptors (Lipinski definition) is 5. The fraction of sp³-hybridized carbons (Fsp3) is 0.0455. The second-order valence-electron chi connectivity index (χ2n) is 7.23. The first-order valence-corrected chi connectivity index (χ1v) is 11.1. The average Bonchev–Trinajstić information content (AvgIpc) is 3.13. The highest BCUT2D eigenvalue weighted by atomic mass is 32.2. The van der Waals surface area contributed by atoms with Crippen LogP contribution in [0.3, 0.4) is 0 Å². The molecule has 0 aliphatic rings. The Morgan fingerprint density at radius 1 is 1.09 bits per heavy atom. The van der Waals surface area contributed by atoms with E-state index in [1.54, 1.807) is 55.5 Å². The Balaban J connectivity index is 1.66. The SMILES string of the molecule is Cc1nc2c(C(=O)Nc3ccc(-c4ccccc4S(N)(=O)=O)cc3)cc(C(=N)N)cc2[nH]1. The molecule has 0 saturated carbocycles. The maximum Gasteiger partial charge on any atom is 0.257 e. The van der Waals surface area contributed by atoms with Crippen LogP contribution < -0.4 is 16.2 Å². The van der Waals surface area contributed by atoms with E-state index in [0.717, 1.165) is 0 Å². The van der Waals surface area contributed by atoms with Crippen LogP contribution in [0.15, 0.2) is 65.6 Å². The van der Waals surface area contributed by atoms with Crippen molar-refractivity contribution in [3.8, 4) is 11.1 Å². The molecule has 0 aliphatic carbocycles. The molecule has 1 heterocycles. The number of anilines is 1. The number of amidine groups is 1. The van der Waals surface area contributed by atoms with E-state index in [4.69, 9.17) is 16.3 Å². The van der Waals surface area contributed by atoms with Crippen molar-refractivity contribution in [3.05, 3.63) is 77.6 Å². The second-order valence-corrected chi connectivity index (χ2v) is 8.76. The molecule has 10 heteroatoms. The highest BCUT2D eigenvalue weighted by Crippen LogP contribution is 2.28. The molecule has 32 heavy (non-hydrogen) atoms. The number of imidazole rings is 1. The topological polar surface area (TPSA) is 168 Å². The van der Waals surface area contributed by atoms with Gasteiger partial charge in [-0.25, -0.2) is 18.5 Å². The van der Waals surface area contributed by atoms with Gasteiger partial charge in [0.25, 0.3) is 5.91 Å². The minimum absolute atomic E-state index is 0.0223. The summed E-state index contributed by atoms with van der Waals surface area (Å²) >= 11 is 0. The molecular formula is C22H20N6O3S. The number of benzene rings is 3. The van der Waals surface area contributed by atoms with Crippen molar-refractivity contribution in [1.29, 1.82) is 5.41 Å². The number of aromatic nitrogens is 2. The van der Waals surface area contributed by atoms with Crippen molar-refractivity contribution in [2.24, 2.45) is 10.9 Å². The molecule has 0 atom stereocenters. The van der Waals surface area contributed by atoms with E-state index in [-0.39, 0.29) is 16.3 Å². The smallest absolute Gasteiger partial charge is 0.257 e. The second kappa shape index (κ2) is 7.91. The van der Waals surface area contributed by atoms with E-state index in [0.29, 0.717) is 39.2 Å². The number of carbonyl (C=O) groups is 1. The van der Waals surface area contributed by atoms with Crippen LogP contribution >= 0.6 is 0 Å². The molecule has 7 N–H and O–H groups in total. The van der Waals surface area contributed by atoms with Crippen LogP contribution in [-0.4, -0.2) is 30.1 Å². The highest BCUT2D eigenvalue weighted by molar-refractivity contribution is 7.89. The van der Waals surface area contributed by atoms with Gasteiger partial charge in [-0.05, 0) is 42.8 Å². The first-order valence-electron chi connectivity index (χ1n) is 9.52. The number of hydrogen-bond donors (Lipinski definition) is 5. The molecule has 0 spiro atoms. The van der Waals surface area contributed by atoms with Crippen molar-refractivity contribution in [2.75, 3.05) is 5.32 Å². The zero-order valence-corrected chi connectivity index (χ0v) is 17.8. The van der Waals surface area contributed by atoms with Crippen molar-refractivity contribution >= 4 is 38.5 Å². The minimum Gasteiger partial charge on any atom is -0.384 e. The zero-order valence-electron chi connectivity index (χ0n) is 17.0. The number of nitrogen functional groups attached to an aromatic ring is 1. The molecule has 0 unspecified atom stereocenters. The third-order valence-electron chi connectivity index (χ3n) is 4.91. The molecular weight excluding hydrogens is 428 g/mol. The molecule has 1 aromatic heterocycles. The van der Waals surface area contributed by atoms with Crippen LogP contribution in [0, 0.1) is 12.3 Å². The molecule has 3 aromatic carbocycles. The molecule has 1 amide bonds. The van der Waals surface area contributed by atoms with Gasteiger partial charge < -0.3 is 16.0 Å². The number of primary sulfonamides is 1. The third kappa shape index (κ3) is 4.09. The van der Waals surface area contributed by atoms with E-state index in [1.807, 2.05) is 0 Å². The summed E-state index contributed by atoms with van der Waals surface area (Å²) in [6.07, 6.45) is 0. The summed E-state index contributed by atoms with van der Waals surface area (Å²) in [5.41, 5.74) is 8.98. The van der Waals surface area contributed by atoms with Gasteiger partial charge >= 0.3 is 0 Å². The normalized spacial score (nSPS) is 11.4. The lowest BCUT2D eigenvalue weighted by atomic mass is 10.0. The molecule has 4 rings (SSSR count). The van der Waals surface area contributed by atoms with Crippen LogP contribution in [0.1, 0.15) is 21.7 Å².